The number of imidazole rings is 1. The molecule has 0 amide bonds. The molecule has 0 aliphatic rings. The molecule has 3 aromatic rings. The van der Waals surface area contributed by atoms with Crippen molar-refractivity contribution in [3.63, 3.8) is 0 Å². The molecular weight excluding hydrogens is 258 g/mol. The molecule has 0 spiro atoms. The Kier molecular flexibility index (Phi) is 3.76. The molecule has 0 aliphatic carbocycles. The van der Waals surface area contributed by atoms with Gasteiger partial charge in [-0.25, -0.2) is 4.98 Å². The van der Waals surface area contributed by atoms with E-state index in [1.807, 2.05) is 13.4 Å². The minimum absolute atomic E-state index is 0.858. The maximum Gasteiger partial charge on any atom is 0.0961 e. The summed E-state index contributed by atoms with van der Waals surface area (Å²) in [6.45, 7) is 6.04. The first kappa shape index (κ1) is 13.8. The number of hydrogen-bond donors (Lipinski definition) is 1. The quantitative estimate of drug-likeness (QED) is 0.793. The summed E-state index contributed by atoms with van der Waals surface area (Å²) in [4.78, 5) is 4.53. The van der Waals surface area contributed by atoms with Crippen LogP contribution in [0.25, 0.3) is 11.0 Å². The fourth-order valence-corrected chi connectivity index (χ4v) is 2.68. The largest absolute Gasteiger partial charge is 0.326 e. The van der Waals surface area contributed by atoms with E-state index in [4.69, 9.17) is 0 Å². The Bertz CT molecular complexity index is 771. The standard InChI is InChI=1S/C18H21N3/c1-13-7-17-18(8-14(13)2)21(12-20-17)11-16-6-4-5-15(9-16)10-19-3/h4-9,12,19H,10-11H2,1-3H3. The van der Waals surface area contributed by atoms with Crippen LogP contribution in [0.4, 0.5) is 0 Å². The van der Waals surface area contributed by atoms with Crippen LogP contribution in [0.3, 0.4) is 0 Å². The lowest BCUT2D eigenvalue weighted by molar-refractivity contribution is 0.800. The molecule has 0 aliphatic heterocycles. The fourth-order valence-electron chi connectivity index (χ4n) is 2.68. The summed E-state index contributed by atoms with van der Waals surface area (Å²) in [5.41, 5.74) is 7.50. The van der Waals surface area contributed by atoms with E-state index in [2.05, 4.69) is 65.1 Å². The van der Waals surface area contributed by atoms with Gasteiger partial charge in [-0.3, -0.25) is 0 Å². The zero-order valence-electron chi connectivity index (χ0n) is 12.9. The minimum atomic E-state index is 0.858. The summed E-state index contributed by atoms with van der Waals surface area (Å²) in [5, 5.41) is 3.19. The number of aromatic nitrogens is 2. The molecule has 1 aromatic heterocycles. The highest BCUT2D eigenvalue weighted by molar-refractivity contribution is 5.77. The average Bonchev–Trinajstić information content (AvgIpc) is 2.83. The first-order valence-electron chi connectivity index (χ1n) is 7.32. The Morgan fingerprint density at radius 2 is 1.81 bits per heavy atom. The molecule has 0 fully saturated rings. The Hall–Kier alpha value is -2.13. The Labute approximate surface area is 125 Å². The molecule has 1 heterocycles. The van der Waals surface area contributed by atoms with Crippen molar-refractivity contribution in [2.75, 3.05) is 7.05 Å². The number of nitrogens with zero attached hydrogens (tertiary/aromatic N) is 2. The topological polar surface area (TPSA) is 29.9 Å². The van der Waals surface area contributed by atoms with Gasteiger partial charge in [0.25, 0.3) is 0 Å². The monoisotopic (exact) mass is 279 g/mol. The van der Waals surface area contributed by atoms with Crippen molar-refractivity contribution >= 4 is 11.0 Å². The third-order valence-corrected chi connectivity index (χ3v) is 3.96. The lowest BCUT2D eigenvalue weighted by atomic mass is 10.1. The molecule has 1 N–H and O–H groups in total. The van der Waals surface area contributed by atoms with E-state index in [0.717, 1.165) is 18.6 Å². The van der Waals surface area contributed by atoms with E-state index < -0.39 is 0 Å². The molecule has 0 saturated carbocycles. The fraction of sp³-hybridized carbons (Fsp3) is 0.278. The van der Waals surface area contributed by atoms with E-state index in [0.29, 0.717) is 0 Å². The smallest absolute Gasteiger partial charge is 0.0961 e. The predicted octanol–water partition coefficient (Wildman–Crippen LogP) is 3.42. The predicted molar refractivity (Wildman–Crippen MR) is 87.5 cm³/mol. The Balaban J connectivity index is 1.94. The second kappa shape index (κ2) is 5.70. The summed E-state index contributed by atoms with van der Waals surface area (Å²) >= 11 is 0. The second-order valence-corrected chi connectivity index (χ2v) is 5.65. The molecule has 108 valence electrons. The van der Waals surface area contributed by atoms with Crippen LogP contribution in [0.1, 0.15) is 22.3 Å². The second-order valence-electron chi connectivity index (χ2n) is 5.65. The molecular formula is C18H21N3. The number of hydrogen-bond acceptors (Lipinski definition) is 2. The lowest BCUT2D eigenvalue weighted by Crippen LogP contribution is -2.06. The third-order valence-electron chi connectivity index (χ3n) is 3.96. The van der Waals surface area contributed by atoms with E-state index >= 15 is 0 Å². The van der Waals surface area contributed by atoms with Gasteiger partial charge >= 0.3 is 0 Å². The maximum atomic E-state index is 4.53. The van der Waals surface area contributed by atoms with Crippen LogP contribution < -0.4 is 5.32 Å². The van der Waals surface area contributed by atoms with Gasteiger partial charge in [-0.15, -0.1) is 0 Å². The van der Waals surface area contributed by atoms with Gasteiger partial charge in [-0.05, 0) is 55.3 Å². The first-order chi connectivity index (χ1) is 10.2. The SMILES string of the molecule is CNCc1cccc(Cn2cnc3cc(C)c(C)cc32)c1. The van der Waals surface area contributed by atoms with Crippen LogP contribution in [0.5, 0.6) is 0 Å². The highest BCUT2D eigenvalue weighted by atomic mass is 15.0. The summed E-state index contributed by atoms with van der Waals surface area (Å²) in [5.74, 6) is 0. The number of nitrogens with one attached hydrogen (secondary N) is 1. The van der Waals surface area contributed by atoms with E-state index in [1.54, 1.807) is 0 Å². The summed E-state index contributed by atoms with van der Waals surface area (Å²) < 4.78 is 2.22. The molecule has 21 heavy (non-hydrogen) atoms. The molecule has 0 unspecified atom stereocenters. The number of fused-ring (bicyclic) bond motifs is 1. The third kappa shape index (κ3) is 2.83. The van der Waals surface area contributed by atoms with Crippen LogP contribution in [0.2, 0.25) is 0 Å². The molecule has 3 nitrogen and oxygen atoms in total. The van der Waals surface area contributed by atoms with Crippen molar-refractivity contribution in [3.05, 3.63) is 65.0 Å². The summed E-state index contributed by atoms with van der Waals surface area (Å²) in [6, 6.07) is 13.1. The lowest BCUT2D eigenvalue weighted by Gasteiger charge is -2.08. The molecule has 0 atom stereocenters. The van der Waals surface area contributed by atoms with Crippen molar-refractivity contribution in [2.45, 2.75) is 26.9 Å². The van der Waals surface area contributed by atoms with Crippen molar-refractivity contribution in [3.8, 4) is 0 Å². The van der Waals surface area contributed by atoms with Crippen molar-refractivity contribution in [1.82, 2.24) is 14.9 Å². The number of rotatable bonds is 4. The van der Waals surface area contributed by atoms with E-state index in [-0.39, 0.29) is 0 Å². The molecule has 3 rings (SSSR count). The van der Waals surface area contributed by atoms with Crippen LogP contribution in [-0.2, 0) is 13.1 Å². The number of benzene rings is 2. The van der Waals surface area contributed by atoms with Gasteiger partial charge in [0.15, 0.2) is 0 Å². The van der Waals surface area contributed by atoms with Gasteiger partial charge in [0.05, 0.1) is 17.4 Å². The zero-order chi connectivity index (χ0) is 14.8. The van der Waals surface area contributed by atoms with Crippen LogP contribution >= 0.6 is 0 Å². The van der Waals surface area contributed by atoms with Gasteiger partial charge in [0.2, 0.25) is 0 Å². The normalized spacial score (nSPS) is 11.2. The van der Waals surface area contributed by atoms with Gasteiger partial charge in [-0.1, -0.05) is 24.3 Å². The average molecular weight is 279 g/mol. The van der Waals surface area contributed by atoms with Gasteiger partial charge in [-0.2, -0.15) is 0 Å². The molecule has 0 saturated heterocycles. The van der Waals surface area contributed by atoms with Crippen LogP contribution in [0.15, 0.2) is 42.7 Å². The van der Waals surface area contributed by atoms with E-state index in [9.17, 15) is 0 Å². The van der Waals surface area contributed by atoms with Crippen molar-refractivity contribution in [1.29, 1.82) is 0 Å². The zero-order valence-corrected chi connectivity index (χ0v) is 12.9. The molecule has 2 aromatic carbocycles. The first-order valence-corrected chi connectivity index (χ1v) is 7.32. The highest BCUT2D eigenvalue weighted by Gasteiger charge is 2.06. The molecule has 0 bridgehead atoms. The molecule has 3 heteroatoms. The van der Waals surface area contributed by atoms with Crippen LogP contribution in [0, 0.1) is 13.8 Å². The van der Waals surface area contributed by atoms with E-state index in [1.165, 1.54) is 27.8 Å². The minimum Gasteiger partial charge on any atom is -0.326 e. The Morgan fingerprint density at radius 1 is 1.05 bits per heavy atom. The molecule has 0 radical (unpaired) electrons. The van der Waals surface area contributed by atoms with Gasteiger partial charge < -0.3 is 9.88 Å². The number of aryl methyl sites for hydroxylation is 2. The Morgan fingerprint density at radius 3 is 2.62 bits per heavy atom. The van der Waals surface area contributed by atoms with Gasteiger partial charge in [0, 0.05) is 13.1 Å². The highest BCUT2D eigenvalue weighted by Crippen LogP contribution is 2.19. The summed E-state index contributed by atoms with van der Waals surface area (Å²) in [7, 11) is 1.97. The van der Waals surface area contributed by atoms with Crippen LogP contribution in [-0.4, -0.2) is 16.6 Å². The van der Waals surface area contributed by atoms with Crippen molar-refractivity contribution in [2.24, 2.45) is 0 Å². The summed E-state index contributed by atoms with van der Waals surface area (Å²) in [6.07, 6.45) is 1.94. The maximum absolute atomic E-state index is 4.53. The van der Waals surface area contributed by atoms with Crippen molar-refractivity contribution < 1.29 is 0 Å². The van der Waals surface area contributed by atoms with Gasteiger partial charge in [0.1, 0.15) is 0 Å².